The van der Waals surface area contributed by atoms with Crippen molar-refractivity contribution in [1.82, 2.24) is 14.9 Å². The maximum absolute atomic E-state index is 13.8. The number of hydrogen-bond donors (Lipinski definition) is 2. The summed E-state index contributed by atoms with van der Waals surface area (Å²) in [6, 6.07) is 13.6. The zero-order valence-electron chi connectivity index (χ0n) is 16.2. The fraction of sp³-hybridized carbons (Fsp3) is 0.286. The molecule has 152 valence electrons. The number of aryl methyl sites for hydroxylation is 1. The third-order valence-corrected chi connectivity index (χ3v) is 4.36. The first kappa shape index (κ1) is 20.5. The quantitative estimate of drug-likeness (QED) is 0.543. The Kier molecular flexibility index (Phi) is 6.91. The number of carbonyl (C=O) groups excluding carboxylic acids is 2. The Labute approximate surface area is 167 Å². The number of rotatable bonds is 9. The molecule has 1 heterocycles. The molecule has 0 aliphatic rings. The van der Waals surface area contributed by atoms with Gasteiger partial charge in [-0.2, -0.15) is 0 Å². The van der Waals surface area contributed by atoms with Crippen molar-refractivity contribution in [3.05, 3.63) is 60.2 Å². The molecule has 0 unspecified atom stereocenters. The molecule has 2 N–H and O–H groups in total. The Morgan fingerprint density at radius 2 is 1.86 bits per heavy atom. The van der Waals surface area contributed by atoms with E-state index in [9.17, 15) is 14.0 Å². The summed E-state index contributed by atoms with van der Waals surface area (Å²) in [6.07, 6.45) is 1.24. The highest BCUT2D eigenvalue weighted by Gasteiger charge is 2.14. The second-order valence-corrected chi connectivity index (χ2v) is 6.52. The molecule has 0 spiro atoms. The molecule has 0 aliphatic carbocycles. The van der Waals surface area contributed by atoms with Gasteiger partial charge in [0.1, 0.15) is 24.8 Å². The van der Waals surface area contributed by atoms with Crippen LogP contribution in [-0.2, 0) is 27.3 Å². The molecule has 0 fully saturated rings. The summed E-state index contributed by atoms with van der Waals surface area (Å²) in [4.78, 5) is 28.6. The van der Waals surface area contributed by atoms with Gasteiger partial charge in [0.25, 0.3) is 0 Å². The lowest BCUT2D eigenvalue weighted by molar-refractivity contribution is -0.124. The maximum atomic E-state index is 13.8. The van der Waals surface area contributed by atoms with Gasteiger partial charge < -0.3 is 19.9 Å². The van der Waals surface area contributed by atoms with Crippen molar-refractivity contribution in [2.24, 2.45) is 0 Å². The van der Waals surface area contributed by atoms with E-state index in [1.807, 2.05) is 28.8 Å². The van der Waals surface area contributed by atoms with Crippen LogP contribution in [0.25, 0.3) is 11.0 Å². The van der Waals surface area contributed by atoms with Crippen LogP contribution in [0, 0.1) is 5.82 Å². The highest BCUT2D eigenvalue weighted by atomic mass is 19.1. The highest BCUT2D eigenvalue weighted by Crippen LogP contribution is 2.18. The second kappa shape index (κ2) is 9.79. The number of benzene rings is 2. The van der Waals surface area contributed by atoms with E-state index in [4.69, 9.17) is 4.74 Å². The monoisotopic (exact) mass is 398 g/mol. The van der Waals surface area contributed by atoms with Gasteiger partial charge in [-0.15, -0.1) is 0 Å². The first-order chi connectivity index (χ1) is 14.1. The number of methoxy groups -OCH3 is 1. The van der Waals surface area contributed by atoms with Gasteiger partial charge in [-0.05, 0) is 30.7 Å². The molecule has 0 radical (unpaired) electrons. The number of fused-ring (bicyclic) bond motifs is 1. The van der Waals surface area contributed by atoms with Gasteiger partial charge in [0.2, 0.25) is 11.8 Å². The van der Waals surface area contributed by atoms with E-state index in [2.05, 4.69) is 15.6 Å². The van der Waals surface area contributed by atoms with Gasteiger partial charge in [-0.1, -0.05) is 24.3 Å². The predicted octanol–water partition coefficient (Wildman–Crippen LogP) is 2.51. The molecule has 0 bridgehead atoms. The number of nitrogens with zero attached hydrogens (tertiary/aromatic N) is 2. The number of anilines is 1. The summed E-state index contributed by atoms with van der Waals surface area (Å²) < 4.78 is 20.4. The van der Waals surface area contributed by atoms with Crippen molar-refractivity contribution in [2.75, 3.05) is 25.6 Å². The fourth-order valence-electron chi connectivity index (χ4n) is 3.05. The second-order valence-electron chi connectivity index (χ2n) is 6.52. The topological polar surface area (TPSA) is 85.2 Å². The highest BCUT2D eigenvalue weighted by molar-refractivity contribution is 5.91. The SMILES string of the molecule is COCC(=O)NCCCc1nc2ccccc2n1CC(=O)Nc1ccccc1F. The van der Waals surface area contributed by atoms with Crippen LogP contribution in [0.2, 0.25) is 0 Å². The minimum Gasteiger partial charge on any atom is -0.375 e. The molecule has 0 atom stereocenters. The molecule has 2 aromatic carbocycles. The van der Waals surface area contributed by atoms with Gasteiger partial charge in [0.05, 0.1) is 16.7 Å². The van der Waals surface area contributed by atoms with Crippen molar-refractivity contribution in [2.45, 2.75) is 19.4 Å². The third-order valence-electron chi connectivity index (χ3n) is 4.36. The molecule has 29 heavy (non-hydrogen) atoms. The largest absolute Gasteiger partial charge is 0.375 e. The Hall–Kier alpha value is -3.26. The number of halogens is 1. The molecule has 0 aliphatic heterocycles. The number of ether oxygens (including phenoxy) is 1. The van der Waals surface area contributed by atoms with Crippen molar-refractivity contribution >= 4 is 28.5 Å². The van der Waals surface area contributed by atoms with Crippen LogP contribution in [0.15, 0.2) is 48.5 Å². The van der Waals surface area contributed by atoms with Gasteiger partial charge in [-0.3, -0.25) is 9.59 Å². The lowest BCUT2D eigenvalue weighted by Crippen LogP contribution is -2.28. The summed E-state index contributed by atoms with van der Waals surface area (Å²) in [7, 11) is 1.47. The summed E-state index contributed by atoms with van der Waals surface area (Å²) in [5, 5.41) is 5.37. The van der Waals surface area contributed by atoms with E-state index in [0.717, 1.165) is 16.9 Å². The van der Waals surface area contributed by atoms with E-state index >= 15 is 0 Å². The van der Waals surface area contributed by atoms with Crippen LogP contribution < -0.4 is 10.6 Å². The number of aromatic nitrogens is 2. The third kappa shape index (κ3) is 5.39. The average molecular weight is 398 g/mol. The van der Waals surface area contributed by atoms with E-state index in [1.165, 1.54) is 19.2 Å². The molecular weight excluding hydrogens is 375 g/mol. The lowest BCUT2D eigenvalue weighted by atomic mass is 10.2. The number of imidazole rings is 1. The molecule has 0 saturated carbocycles. The first-order valence-corrected chi connectivity index (χ1v) is 9.32. The minimum atomic E-state index is -0.483. The molecule has 0 saturated heterocycles. The van der Waals surface area contributed by atoms with Crippen molar-refractivity contribution in [3.8, 4) is 0 Å². The molecule has 8 heteroatoms. The minimum absolute atomic E-state index is 0.0141. The van der Waals surface area contributed by atoms with Crippen molar-refractivity contribution < 1.29 is 18.7 Å². The van der Waals surface area contributed by atoms with E-state index in [0.29, 0.717) is 19.4 Å². The number of carbonyl (C=O) groups is 2. The Balaban J connectivity index is 1.70. The number of para-hydroxylation sites is 3. The summed E-state index contributed by atoms with van der Waals surface area (Å²) in [5.74, 6) is -0.266. The zero-order valence-corrected chi connectivity index (χ0v) is 16.2. The van der Waals surface area contributed by atoms with Crippen LogP contribution >= 0.6 is 0 Å². The lowest BCUT2D eigenvalue weighted by Gasteiger charge is -2.11. The molecule has 3 aromatic rings. The number of hydrogen-bond acceptors (Lipinski definition) is 4. The molecule has 3 rings (SSSR count). The van der Waals surface area contributed by atoms with Gasteiger partial charge >= 0.3 is 0 Å². The molecule has 2 amide bonds. The van der Waals surface area contributed by atoms with Gasteiger partial charge in [-0.25, -0.2) is 9.37 Å². The van der Waals surface area contributed by atoms with Gasteiger partial charge in [0.15, 0.2) is 0 Å². The van der Waals surface area contributed by atoms with Crippen LogP contribution in [0.5, 0.6) is 0 Å². The number of amides is 2. The summed E-state index contributed by atoms with van der Waals surface area (Å²) in [6.45, 7) is 0.516. The normalized spacial score (nSPS) is 10.8. The summed E-state index contributed by atoms with van der Waals surface area (Å²) >= 11 is 0. The van der Waals surface area contributed by atoms with Crippen molar-refractivity contribution in [1.29, 1.82) is 0 Å². The van der Waals surface area contributed by atoms with Crippen molar-refractivity contribution in [3.63, 3.8) is 0 Å². The van der Waals surface area contributed by atoms with Gasteiger partial charge in [0, 0.05) is 20.1 Å². The zero-order chi connectivity index (χ0) is 20.6. The Morgan fingerprint density at radius 3 is 2.66 bits per heavy atom. The van der Waals surface area contributed by atoms with Crippen LogP contribution in [0.1, 0.15) is 12.2 Å². The van der Waals surface area contributed by atoms with E-state index in [1.54, 1.807) is 12.1 Å². The van der Waals surface area contributed by atoms with Crippen LogP contribution in [-0.4, -0.2) is 41.6 Å². The maximum Gasteiger partial charge on any atom is 0.245 e. The number of nitrogens with one attached hydrogen (secondary N) is 2. The van der Waals surface area contributed by atoms with Crippen LogP contribution in [0.4, 0.5) is 10.1 Å². The smallest absolute Gasteiger partial charge is 0.245 e. The van der Waals surface area contributed by atoms with E-state index < -0.39 is 5.82 Å². The predicted molar refractivity (Wildman–Crippen MR) is 108 cm³/mol. The molecular formula is C21H23FN4O3. The van der Waals surface area contributed by atoms with Crippen LogP contribution in [0.3, 0.4) is 0 Å². The fourth-order valence-corrected chi connectivity index (χ4v) is 3.05. The first-order valence-electron chi connectivity index (χ1n) is 9.32. The molecule has 1 aromatic heterocycles. The Bertz CT molecular complexity index is 1000. The molecule has 7 nitrogen and oxygen atoms in total. The Morgan fingerprint density at radius 1 is 1.10 bits per heavy atom. The standard InChI is InChI=1S/C21H23FN4O3/c1-29-14-21(28)23-12-6-11-19-24-17-9-4-5-10-18(17)26(19)13-20(27)25-16-8-3-2-7-15(16)22/h2-5,7-10H,6,11-14H2,1H3,(H,23,28)(H,25,27). The average Bonchev–Trinajstić information content (AvgIpc) is 3.05. The summed E-state index contributed by atoms with van der Waals surface area (Å²) in [5.41, 5.74) is 1.75. The van der Waals surface area contributed by atoms with E-state index in [-0.39, 0.29) is 30.7 Å².